The third kappa shape index (κ3) is 3.15. The predicted molar refractivity (Wildman–Crippen MR) is 50.6 cm³/mol. The Bertz CT molecular complexity index is 136. The van der Waals surface area contributed by atoms with E-state index in [1.54, 1.807) is 0 Å². The van der Waals surface area contributed by atoms with E-state index < -0.39 is 0 Å². The van der Waals surface area contributed by atoms with Crippen molar-refractivity contribution in [1.29, 1.82) is 5.41 Å². The van der Waals surface area contributed by atoms with Gasteiger partial charge < -0.3 is 4.90 Å². The second-order valence-electron chi connectivity index (χ2n) is 3.00. The molecule has 1 unspecified atom stereocenters. The zero-order chi connectivity index (χ0) is 7.56. The van der Waals surface area contributed by atoms with Crippen molar-refractivity contribution in [2.24, 2.45) is 0 Å². The van der Waals surface area contributed by atoms with Crippen molar-refractivity contribution in [1.82, 2.24) is 4.90 Å². The number of likely N-dealkylation sites (tertiary alicyclic amines) is 1. The van der Waals surface area contributed by atoms with Gasteiger partial charge >= 0.3 is 51.4 Å². The summed E-state index contributed by atoms with van der Waals surface area (Å²) in [5.41, 5.74) is 0. The molecule has 0 aromatic rings. The second-order valence-corrected chi connectivity index (χ2v) is 3.00. The average molecular weight is 180 g/mol. The molecule has 1 atom stereocenters. The summed E-state index contributed by atoms with van der Waals surface area (Å²) in [4.78, 5) is 2.21. The Kier molecular flexibility index (Phi) is 6.27. The Hall–Kier alpha value is 1.11. The maximum atomic E-state index is 7.57. The van der Waals surface area contributed by atoms with Gasteiger partial charge in [0.1, 0.15) is 0 Å². The summed E-state index contributed by atoms with van der Waals surface area (Å²) in [6.45, 7) is 5.48. The van der Waals surface area contributed by atoms with E-state index in [1.807, 2.05) is 0 Å². The molecule has 0 spiro atoms. The molecule has 1 aliphatic rings. The summed E-state index contributed by atoms with van der Waals surface area (Å²) < 4.78 is 0. The van der Waals surface area contributed by atoms with Gasteiger partial charge in [0.15, 0.2) is 0 Å². The average Bonchev–Trinajstić information content (AvgIpc) is 2.34. The topological polar surface area (TPSA) is 27.1 Å². The summed E-state index contributed by atoms with van der Waals surface area (Å²) in [5.74, 6) is 0.842. The molecule has 1 aliphatic heterocycles. The van der Waals surface area contributed by atoms with Crippen LogP contribution >= 0.6 is 0 Å². The van der Waals surface area contributed by atoms with E-state index in [1.165, 1.54) is 6.42 Å². The molecule has 0 radical (unpaired) electrons. The van der Waals surface area contributed by atoms with Crippen molar-refractivity contribution >= 4 is 57.2 Å². The first kappa shape index (κ1) is 12.1. The number of hydrogen-bond donors (Lipinski definition) is 1. The van der Waals surface area contributed by atoms with Crippen LogP contribution in [0, 0.1) is 5.41 Å². The van der Waals surface area contributed by atoms with Gasteiger partial charge in [-0.3, -0.25) is 5.41 Å². The molecule has 1 fully saturated rings. The van der Waals surface area contributed by atoms with Crippen LogP contribution in [0.25, 0.3) is 0 Å². The van der Waals surface area contributed by atoms with Gasteiger partial charge in [-0.25, -0.2) is 0 Å². The molecule has 11 heavy (non-hydrogen) atoms. The van der Waals surface area contributed by atoms with Crippen LogP contribution in [0.15, 0.2) is 0 Å². The fourth-order valence-corrected chi connectivity index (χ4v) is 1.40. The fourth-order valence-electron chi connectivity index (χ4n) is 1.40. The fraction of sp³-hybridized carbons (Fsp3) is 0.875. The van der Waals surface area contributed by atoms with E-state index in [-0.39, 0.29) is 51.4 Å². The van der Waals surface area contributed by atoms with Gasteiger partial charge in [-0.15, -0.1) is 0 Å². The predicted octanol–water partition coefficient (Wildman–Crippen LogP) is 1.21. The Labute approximate surface area is 112 Å². The van der Waals surface area contributed by atoms with Crippen LogP contribution < -0.4 is 0 Å². The molecule has 1 rings (SSSR count). The Balaban J connectivity index is 0.000001000. The van der Waals surface area contributed by atoms with Gasteiger partial charge in [-0.05, 0) is 19.8 Å². The van der Waals surface area contributed by atoms with Gasteiger partial charge in [0.05, 0.1) is 5.84 Å². The first-order valence-electron chi connectivity index (χ1n) is 4.09. The molecule has 3 heteroatoms. The number of nitrogens with one attached hydrogen (secondary N) is 1. The molecule has 1 N–H and O–H groups in total. The van der Waals surface area contributed by atoms with Gasteiger partial charge in [0, 0.05) is 19.0 Å². The minimum absolute atomic E-state index is 0. The first-order valence-corrected chi connectivity index (χ1v) is 4.09. The van der Waals surface area contributed by atoms with Gasteiger partial charge in [-0.2, -0.15) is 0 Å². The number of amidine groups is 1. The van der Waals surface area contributed by atoms with E-state index in [0.717, 1.165) is 25.2 Å². The molecule has 0 bridgehead atoms. The molecule has 0 aliphatic carbocycles. The number of rotatable bonds is 2. The van der Waals surface area contributed by atoms with Crippen LogP contribution in [0.5, 0.6) is 0 Å². The van der Waals surface area contributed by atoms with Crippen molar-refractivity contribution in [3.05, 3.63) is 0 Å². The molecule has 2 nitrogen and oxygen atoms in total. The summed E-state index contributed by atoms with van der Waals surface area (Å²) in [7, 11) is 0. The summed E-state index contributed by atoms with van der Waals surface area (Å²) >= 11 is 0. The van der Waals surface area contributed by atoms with E-state index >= 15 is 0 Å². The van der Waals surface area contributed by atoms with Crippen LogP contribution in [0.3, 0.4) is 0 Å². The molecule has 0 aromatic heterocycles. The van der Waals surface area contributed by atoms with Crippen molar-refractivity contribution in [3.63, 3.8) is 0 Å². The minimum atomic E-state index is 0. The summed E-state index contributed by atoms with van der Waals surface area (Å²) in [6.07, 6.45) is 3.33. The molecule has 60 valence electrons. The third-order valence-corrected chi connectivity index (χ3v) is 2.28. The van der Waals surface area contributed by atoms with E-state index in [4.69, 9.17) is 5.41 Å². The Morgan fingerprint density at radius 2 is 2.27 bits per heavy atom. The zero-order valence-corrected chi connectivity index (χ0v) is 6.85. The van der Waals surface area contributed by atoms with Crippen LogP contribution in [0.1, 0.15) is 33.1 Å². The normalized spacial score (nSPS) is 19.8. The van der Waals surface area contributed by atoms with Crippen LogP contribution in [-0.2, 0) is 0 Å². The molecule has 0 saturated carbocycles. The maximum absolute atomic E-state index is 7.57. The van der Waals surface area contributed by atoms with Crippen molar-refractivity contribution in [2.75, 3.05) is 6.54 Å². The third-order valence-electron chi connectivity index (χ3n) is 2.28. The number of nitrogens with zero attached hydrogens (tertiary/aromatic N) is 1. The van der Waals surface area contributed by atoms with Gasteiger partial charge in [0.25, 0.3) is 0 Å². The Morgan fingerprint density at radius 3 is 2.64 bits per heavy atom. The molecule has 1 saturated heterocycles. The monoisotopic (exact) mass is 180 g/mol. The van der Waals surface area contributed by atoms with Crippen molar-refractivity contribution in [2.45, 2.75) is 39.2 Å². The van der Waals surface area contributed by atoms with Crippen molar-refractivity contribution < 1.29 is 0 Å². The first-order chi connectivity index (χ1) is 4.75. The Morgan fingerprint density at radius 1 is 1.64 bits per heavy atom. The molecule has 0 amide bonds. The molecular formula is C8H17KN2. The molecular weight excluding hydrogens is 163 g/mol. The summed E-state index contributed by atoms with van der Waals surface area (Å²) in [6, 6.07) is 0.579. The zero-order valence-electron chi connectivity index (χ0n) is 6.85. The van der Waals surface area contributed by atoms with Crippen LogP contribution in [0.4, 0.5) is 0 Å². The molecule has 1 heterocycles. The van der Waals surface area contributed by atoms with E-state index in [9.17, 15) is 0 Å². The number of hydrogen-bond acceptors (Lipinski definition) is 1. The van der Waals surface area contributed by atoms with Gasteiger partial charge in [0.2, 0.25) is 0 Å². The SMILES string of the molecule is CCC(C)N1CCCC1=N.[KH]. The molecule has 0 aromatic carbocycles. The van der Waals surface area contributed by atoms with Crippen LogP contribution in [-0.4, -0.2) is 74.7 Å². The standard InChI is InChI=1S/C8H16N2.K.H/c1-3-7(2)10-6-4-5-8(10)9;;/h7,9H,3-6H2,1-2H3;;. The summed E-state index contributed by atoms with van der Waals surface area (Å²) in [5, 5.41) is 7.57. The van der Waals surface area contributed by atoms with Crippen molar-refractivity contribution in [3.8, 4) is 0 Å². The van der Waals surface area contributed by atoms with Crippen LogP contribution in [0.2, 0.25) is 0 Å². The van der Waals surface area contributed by atoms with E-state index in [0.29, 0.717) is 6.04 Å². The second kappa shape index (κ2) is 5.70. The van der Waals surface area contributed by atoms with E-state index in [2.05, 4.69) is 18.7 Å². The van der Waals surface area contributed by atoms with Gasteiger partial charge in [-0.1, -0.05) is 6.92 Å². The quantitative estimate of drug-likeness (QED) is 0.635.